The van der Waals surface area contributed by atoms with Gasteiger partial charge in [-0.2, -0.15) is 0 Å². The summed E-state index contributed by atoms with van der Waals surface area (Å²) in [5.74, 6) is 0.934. The Labute approximate surface area is 166 Å². The summed E-state index contributed by atoms with van der Waals surface area (Å²) >= 11 is 0. The average Bonchev–Trinajstić information content (AvgIpc) is 2.57. The molecular formula is C21H42N4O2. The Balaban J connectivity index is 1.93. The van der Waals surface area contributed by atoms with Gasteiger partial charge in [0.05, 0.1) is 18.8 Å². The Morgan fingerprint density at radius 1 is 1.22 bits per heavy atom. The molecule has 0 amide bonds. The smallest absolute Gasteiger partial charge is 0.191 e. The molecule has 2 rings (SSSR count). The molecule has 1 saturated carbocycles. The van der Waals surface area contributed by atoms with Gasteiger partial charge < -0.3 is 20.1 Å². The van der Waals surface area contributed by atoms with Crippen LogP contribution in [0.15, 0.2) is 4.99 Å². The van der Waals surface area contributed by atoms with Crippen molar-refractivity contribution in [2.24, 2.45) is 10.4 Å². The van der Waals surface area contributed by atoms with Gasteiger partial charge in [0.1, 0.15) is 0 Å². The van der Waals surface area contributed by atoms with Crippen LogP contribution in [0.1, 0.15) is 60.3 Å². The molecule has 27 heavy (non-hydrogen) atoms. The first kappa shape index (κ1) is 22.4. The summed E-state index contributed by atoms with van der Waals surface area (Å²) < 4.78 is 11.2. The first-order valence-electron chi connectivity index (χ1n) is 10.7. The molecule has 0 bridgehead atoms. The number of hydrogen-bond acceptors (Lipinski definition) is 4. The summed E-state index contributed by atoms with van der Waals surface area (Å²) in [6, 6.07) is 0. The fourth-order valence-corrected chi connectivity index (χ4v) is 4.17. The molecule has 0 aromatic heterocycles. The lowest BCUT2D eigenvalue weighted by molar-refractivity contribution is -0.0939. The minimum absolute atomic E-state index is 0.0128. The van der Waals surface area contributed by atoms with Crippen molar-refractivity contribution in [2.75, 3.05) is 46.4 Å². The lowest BCUT2D eigenvalue weighted by Crippen LogP contribution is -2.56. The van der Waals surface area contributed by atoms with Crippen LogP contribution in [0.5, 0.6) is 0 Å². The minimum Gasteiger partial charge on any atom is -0.385 e. The Kier molecular flexibility index (Phi) is 8.38. The van der Waals surface area contributed by atoms with E-state index in [1.165, 1.54) is 19.3 Å². The quantitative estimate of drug-likeness (QED) is 0.474. The number of aliphatic imine (C=N–C) groups is 1. The van der Waals surface area contributed by atoms with Gasteiger partial charge in [0, 0.05) is 45.4 Å². The second-order valence-corrected chi connectivity index (χ2v) is 9.12. The van der Waals surface area contributed by atoms with E-state index in [0.29, 0.717) is 5.41 Å². The van der Waals surface area contributed by atoms with Crippen LogP contribution in [0.4, 0.5) is 0 Å². The number of rotatable bonds is 9. The van der Waals surface area contributed by atoms with Gasteiger partial charge >= 0.3 is 0 Å². The maximum atomic E-state index is 5.89. The molecule has 2 fully saturated rings. The molecule has 0 aromatic rings. The van der Waals surface area contributed by atoms with Crippen molar-refractivity contribution in [2.45, 2.75) is 78.0 Å². The Morgan fingerprint density at radius 3 is 2.41 bits per heavy atom. The molecule has 1 saturated heterocycles. The second kappa shape index (κ2) is 10.1. The van der Waals surface area contributed by atoms with E-state index < -0.39 is 0 Å². The summed E-state index contributed by atoms with van der Waals surface area (Å²) in [4.78, 5) is 7.45. The van der Waals surface area contributed by atoms with E-state index in [2.05, 4.69) is 50.2 Å². The van der Waals surface area contributed by atoms with Gasteiger partial charge in [-0.1, -0.05) is 6.42 Å². The van der Waals surface area contributed by atoms with E-state index in [-0.39, 0.29) is 17.7 Å². The van der Waals surface area contributed by atoms with Crippen LogP contribution >= 0.6 is 0 Å². The summed E-state index contributed by atoms with van der Waals surface area (Å²) in [7, 11) is 1.79. The topological polar surface area (TPSA) is 58.1 Å². The summed E-state index contributed by atoms with van der Waals surface area (Å²) in [5, 5.41) is 7.02. The molecule has 1 aliphatic carbocycles. The summed E-state index contributed by atoms with van der Waals surface area (Å²) in [6.45, 7) is 16.4. The molecule has 2 N–H and O–H groups in total. The molecule has 2 aliphatic rings. The molecule has 158 valence electrons. The highest BCUT2D eigenvalue weighted by Gasteiger charge is 2.37. The van der Waals surface area contributed by atoms with E-state index in [1.807, 2.05) is 0 Å². The Morgan fingerprint density at radius 2 is 1.89 bits per heavy atom. The first-order chi connectivity index (χ1) is 12.8. The van der Waals surface area contributed by atoms with Crippen LogP contribution in [-0.4, -0.2) is 75.0 Å². The van der Waals surface area contributed by atoms with Gasteiger partial charge in [0.25, 0.3) is 0 Å². The second-order valence-electron chi connectivity index (χ2n) is 9.12. The number of ether oxygens (including phenoxy) is 2. The number of methoxy groups -OCH3 is 1. The lowest BCUT2D eigenvalue weighted by atomic mass is 9.67. The zero-order chi connectivity index (χ0) is 19.9. The number of nitrogens with one attached hydrogen (secondary N) is 2. The summed E-state index contributed by atoms with van der Waals surface area (Å²) in [6.07, 6.45) is 5.60. The Bertz CT molecular complexity index is 467. The molecule has 2 unspecified atom stereocenters. The van der Waals surface area contributed by atoms with Crippen molar-refractivity contribution in [1.82, 2.24) is 15.5 Å². The molecule has 6 heteroatoms. The molecule has 0 aromatic carbocycles. The maximum Gasteiger partial charge on any atom is 0.191 e. The molecule has 6 nitrogen and oxygen atoms in total. The normalized spacial score (nSPS) is 26.5. The lowest BCUT2D eigenvalue weighted by Gasteiger charge is -2.44. The van der Waals surface area contributed by atoms with Crippen LogP contribution in [0.2, 0.25) is 0 Å². The largest absolute Gasteiger partial charge is 0.385 e. The monoisotopic (exact) mass is 382 g/mol. The van der Waals surface area contributed by atoms with Crippen molar-refractivity contribution >= 4 is 5.96 Å². The number of nitrogens with zero attached hydrogens (tertiary/aromatic N) is 2. The summed E-state index contributed by atoms with van der Waals surface area (Å²) in [5.41, 5.74) is 0.398. The van der Waals surface area contributed by atoms with Crippen LogP contribution in [0.3, 0.4) is 0 Å². The van der Waals surface area contributed by atoms with Crippen molar-refractivity contribution in [3.05, 3.63) is 0 Å². The molecule has 0 spiro atoms. The van der Waals surface area contributed by atoms with Crippen LogP contribution in [-0.2, 0) is 9.47 Å². The number of guanidine groups is 1. The SMILES string of the molecule is CCNC(=NCC(C)(C)N1CC(C)OC(C)C1)NCC1(CCOC)CCC1. The van der Waals surface area contributed by atoms with E-state index in [0.717, 1.165) is 51.7 Å². The van der Waals surface area contributed by atoms with E-state index in [4.69, 9.17) is 14.5 Å². The molecule has 2 atom stereocenters. The standard InChI is InChI=1S/C21H42N4O2/c1-7-22-19(24-16-21(9-8-10-21)11-12-26-6)23-15-20(4,5)25-13-17(2)27-18(3)14-25/h17-18H,7-16H2,1-6H3,(H2,22,23,24). The van der Waals surface area contributed by atoms with Gasteiger partial charge in [-0.25, -0.2) is 0 Å². The molecular weight excluding hydrogens is 340 g/mol. The average molecular weight is 383 g/mol. The van der Waals surface area contributed by atoms with Crippen molar-refractivity contribution in [3.63, 3.8) is 0 Å². The fourth-order valence-electron chi connectivity index (χ4n) is 4.17. The van der Waals surface area contributed by atoms with Gasteiger partial charge in [-0.05, 0) is 59.3 Å². The van der Waals surface area contributed by atoms with Gasteiger partial charge in [-0.15, -0.1) is 0 Å². The third kappa shape index (κ3) is 6.61. The number of morpholine rings is 1. The van der Waals surface area contributed by atoms with E-state index in [1.54, 1.807) is 7.11 Å². The third-order valence-corrected chi connectivity index (χ3v) is 6.13. The zero-order valence-corrected chi connectivity index (χ0v) is 18.4. The van der Waals surface area contributed by atoms with Gasteiger partial charge in [0.15, 0.2) is 5.96 Å². The first-order valence-corrected chi connectivity index (χ1v) is 10.7. The third-order valence-electron chi connectivity index (χ3n) is 6.13. The van der Waals surface area contributed by atoms with Crippen molar-refractivity contribution < 1.29 is 9.47 Å². The highest BCUT2D eigenvalue weighted by molar-refractivity contribution is 5.79. The minimum atomic E-state index is 0.0128. The predicted octanol–water partition coefficient (Wildman–Crippen LogP) is 2.64. The fraction of sp³-hybridized carbons (Fsp3) is 0.952. The number of hydrogen-bond donors (Lipinski definition) is 2. The van der Waals surface area contributed by atoms with E-state index in [9.17, 15) is 0 Å². The van der Waals surface area contributed by atoms with Crippen LogP contribution in [0.25, 0.3) is 0 Å². The molecule has 1 heterocycles. The van der Waals surface area contributed by atoms with Crippen molar-refractivity contribution in [1.29, 1.82) is 0 Å². The maximum absolute atomic E-state index is 5.89. The molecule has 1 aliphatic heterocycles. The molecule has 0 radical (unpaired) electrons. The zero-order valence-electron chi connectivity index (χ0n) is 18.4. The Hall–Kier alpha value is -0.850. The van der Waals surface area contributed by atoms with Gasteiger partial charge in [0.2, 0.25) is 0 Å². The van der Waals surface area contributed by atoms with Crippen LogP contribution < -0.4 is 10.6 Å². The predicted molar refractivity (Wildman–Crippen MR) is 112 cm³/mol. The highest BCUT2D eigenvalue weighted by Crippen LogP contribution is 2.43. The van der Waals surface area contributed by atoms with Gasteiger partial charge in [-0.3, -0.25) is 9.89 Å². The van der Waals surface area contributed by atoms with E-state index >= 15 is 0 Å². The van der Waals surface area contributed by atoms with Crippen LogP contribution in [0, 0.1) is 5.41 Å². The highest BCUT2D eigenvalue weighted by atomic mass is 16.5. The van der Waals surface area contributed by atoms with Crippen molar-refractivity contribution in [3.8, 4) is 0 Å².